The van der Waals surface area contributed by atoms with E-state index in [-0.39, 0.29) is 12.1 Å². The van der Waals surface area contributed by atoms with Crippen LogP contribution in [0.1, 0.15) is 23.8 Å². The number of furan rings is 1. The van der Waals surface area contributed by atoms with Gasteiger partial charge in [0.05, 0.1) is 12.8 Å². The largest absolute Gasteiger partial charge is 0.467 e. The fourth-order valence-electron chi connectivity index (χ4n) is 2.63. The summed E-state index contributed by atoms with van der Waals surface area (Å²) in [6.07, 6.45) is 5.88. The molecular weight excluding hydrogens is 302 g/mol. The Bertz CT molecular complexity index is 927. The molecule has 1 aromatic carbocycles. The van der Waals surface area contributed by atoms with E-state index < -0.39 is 5.91 Å². The summed E-state index contributed by atoms with van der Waals surface area (Å²) >= 11 is 0. The number of nitrogens with one attached hydrogen (secondary N) is 2. The lowest BCUT2D eigenvalue weighted by Gasteiger charge is -2.02. The fraction of sp³-hybridized carbons (Fsp3) is 0.158. The standard InChI is InChI=1S/C19H17N3O2/c1-2-13-5-3-7-17-15(11-21-18(13)17)9-14(10-20)19(23)22-12-16-6-4-8-24-16/h3-9,11,21H,2,12H2,1H3,(H,22,23)/b14-9+. The average Bonchev–Trinajstić information content (AvgIpc) is 3.27. The lowest BCUT2D eigenvalue weighted by atomic mass is 10.1. The topological polar surface area (TPSA) is 81.8 Å². The molecule has 3 aromatic rings. The van der Waals surface area contributed by atoms with Gasteiger partial charge in [-0.1, -0.05) is 25.1 Å². The van der Waals surface area contributed by atoms with Crippen LogP contribution < -0.4 is 5.32 Å². The number of aryl methyl sites for hydroxylation is 1. The summed E-state index contributed by atoms with van der Waals surface area (Å²) in [7, 11) is 0. The van der Waals surface area contributed by atoms with Crippen LogP contribution in [0, 0.1) is 11.3 Å². The van der Waals surface area contributed by atoms with Gasteiger partial charge in [0.2, 0.25) is 0 Å². The molecule has 0 atom stereocenters. The molecule has 24 heavy (non-hydrogen) atoms. The lowest BCUT2D eigenvalue weighted by Crippen LogP contribution is -2.23. The SMILES string of the molecule is CCc1cccc2c(/C=C(\C#N)C(=O)NCc3ccco3)c[nH]c12. The van der Waals surface area contributed by atoms with Crippen molar-refractivity contribution in [2.75, 3.05) is 0 Å². The highest BCUT2D eigenvalue weighted by atomic mass is 16.3. The molecule has 0 radical (unpaired) electrons. The Morgan fingerprint density at radius 2 is 2.25 bits per heavy atom. The van der Waals surface area contributed by atoms with E-state index in [4.69, 9.17) is 4.42 Å². The minimum atomic E-state index is -0.421. The molecule has 0 unspecified atom stereocenters. The normalized spacial score (nSPS) is 11.4. The minimum absolute atomic E-state index is 0.0596. The number of hydrogen-bond donors (Lipinski definition) is 2. The van der Waals surface area contributed by atoms with E-state index in [9.17, 15) is 10.1 Å². The highest BCUT2D eigenvalue weighted by Crippen LogP contribution is 2.24. The monoisotopic (exact) mass is 319 g/mol. The van der Waals surface area contributed by atoms with Crippen LogP contribution in [0.5, 0.6) is 0 Å². The molecule has 0 aliphatic rings. The Balaban J connectivity index is 1.85. The van der Waals surface area contributed by atoms with Crippen molar-refractivity contribution in [1.82, 2.24) is 10.3 Å². The van der Waals surface area contributed by atoms with Gasteiger partial charge in [-0.15, -0.1) is 0 Å². The second-order valence-electron chi connectivity index (χ2n) is 5.37. The third kappa shape index (κ3) is 3.08. The Hall–Kier alpha value is -3.26. The van der Waals surface area contributed by atoms with Crippen LogP contribution in [-0.2, 0) is 17.8 Å². The fourth-order valence-corrected chi connectivity index (χ4v) is 2.63. The summed E-state index contributed by atoms with van der Waals surface area (Å²) in [6, 6.07) is 11.5. The summed E-state index contributed by atoms with van der Waals surface area (Å²) in [5.41, 5.74) is 3.13. The molecule has 0 spiro atoms. The highest BCUT2D eigenvalue weighted by Gasteiger charge is 2.12. The molecule has 0 saturated carbocycles. The van der Waals surface area contributed by atoms with Crippen LogP contribution in [0.4, 0.5) is 0 Å². The first kappa shape index (κ1) is 15.6. The Morgan fingerprint density at radius 1 is 1.38 bits per heavy atom. The predicted molar refractivity (Wildman–Crippen MR) is 91.8 cm³/mol. The van der Waals surface area contributed by atoms with Gasteiger partial charge in [-0.2, -0.15) is 5.26 Å². The zero-order valence-electron chi connectivity index (χ0n) is 13.3. The third-order valence-corrected chi connectivity index (χ3v) is 3.88. The van der Waals surface area contributed by atoms with Gasteiger partial charge in [-0.05, 0) is 30.2 Å². The Kier molecular flexibility index (Phi) is 4.48. The number of amides is 1. The van der Waals surface area contributed by atoms with Crippen LogP contribution >= 0.6 is 0 Å². The second-order valence-corrected chi connectivity index (χ2v) is 5.37. The first-order valence-corrected chi connectivity index (χ1v) is 7.74. The number of nitrogens with zero attached hydrogens (tertiary/aromatic N) is 1. The van der Waals surface area contributed by atoms with Crippen LogP contribution in [0.15, 0.2) is 52.8 Å². The summed E-state index contributed by atoms with van der Waals surface area (Å²) in [5.74, 6) is 0.218. The van der Waals surface area contributed by atoms with Gasteiger partial charge < -0.3 is 14.7 Å². The number of aromatic nitrogens is 1. The summed E-state index contributed by atoms with van der Waals surface area (Å²) in [5, 5.41) is 13.0. The first-order valence-electron chi connectivity index (χ1n) is 7.74. The van der Waals surface area contributed by atoms with Crippen LogP contribution in [0.25, 0.3) is 17.0 Å². The molecular formula is C19H17N3O2. The van der Waals surface area contributed by atoms with Gasteiger partial charge in [0.1, 0.15) is 17.4 Å². The number of nitriles is 1. The number of carbonyl (C=O) groups excluding carboxylic acids is 1. The van der Waals surface area contributed by atoms with Crippen molar-refractivity contribution in [3.8, 4) is 6.07 Å². The number of H-pyrrole nitrogens is 1. The number of fused-ring (bicyclic) bond motifs is 1. The lowest BCUT2D eigenvalue weighted by molar-refractivity contribution is -0.117. The molecule has 3 rings (SSSR count). The number of rotatable bonds is 5. The minimum Gasteiger partial charge on any atom is -0.467 e. The maximum absolute atomic E-state index is 12.2. The van der Waals surface area contributed by atoms with Crippen molar-refractivity contribution in [3.63, 3.8) is 0 Å². The zero-order valence-corrected chi connectivity index (χ0v) is 13.3. The molecule has 0 aliphatic heterocycles. The highest BCUT2D eigenvalue weighted by molar-refractivity contribution is 6.04. The second kappa shape index (κ2) is 6.88. The quantitative estimate of drug-likeness (QED) is 0.557. The number of benzene rings is 1. The van der Waals surface area contributed by atoms with E-state index in [1.807, 2.05) is 24.4 Å². The van der Waals surface area contributed by atoms with Gasteiger partial charge in [0.15, 0.2) is 0 Å². The molecule has 2 aromatic heterocycles. The molecule has 5 nitrogen and oxygen atoms in total. The number of para-hydroxylation sites is 1. The number of hydrogen-bond acceptors (Lipinski definition) is 3. The smallest absolute Gasteiger partial charge is 0.262 e. The molecule has 0 bridgehead atoms. The van der Waals surface area contributed by atoms with Crippen molar-refractivity contribution in [2.45, 2.75) is 19.9 Å². The summed E-state index contributed by atoms with van der Waals surface area (Å²) < 4.78 is 5.16. The molecule has 2 heterocycles. The first-order chi connectivity index (χ1) is 11.7. The van der Waals surface area contributed by atoms with Gasteiger partial charge in [0.25, 0.3) is 5.91 Å². The predicted octanol–water partition coefficient (Wildman–Crippen LogP) is 3.55. The van der Waals surface area contributed by atoms with Crippen LogP contribution in [0.3, 0.4) is 0 Å². The van der Waals surface area contributed by atoms with E-state index >= 15 is 0 Å². The maximum Gasteiger partial charge on any atom is 0.262 e. The maximum atomic E-state index is 12.2. The third-order valence-electron chi connectivity index (χ3n) is 3.88. The van der Waals surface area contributed by atoms with Gasteiger partial charge >= 0.3 is 0 Å². The van der Waals surface area contributed by atoms with E-state index in [0.717, 1.165) is 22.9 Å². The van der Waals surface area contributed by atoms with Crippen molar-refractivity contribution in [1.29, 1.82) is 5.26 Å². The van der Waals surface area contributed by atoms with Crippen molar-refractivity contribution < 1.29 is 9.21 Å². The molecule has 120 valence electrons. The molecule has 5 heteroatoms. The summed E-state index contributed by atoms with van der Waals surface area (Å²) in [6.45, 7) is 2.34. The average molecular weight is 319 g/mol. The Morgan fingerprint density at radius 3 is 2.96 bits per heavy atom. The van der Waals surface area contributed by atoms with Crippen molar-refractivity contribution in [2.24, 2.45) is 0 Å². The van der Waals surface area contributed by atoms with E-state index in [2.05, 4.69) is 23.3 Å². The molecule has 0 fully saturated rings. The molecule has 2 N–H and O–H groups in total. The molecule has 1 amide bonds. The Labute approximate surface area is 139 Å². The van der Waals surface area contributed by atoms with E-state index in [1.165, 1.54) is 5.56 Å². The zero-order chi connectivity index (χ0) is 16.9. The van der Waals surface area contributed by atoms with Gasteiger partial charge in [-0.3, -0.25) is 4.79 Å². The number of aromatic amines is 1. The van der Waals surface area contributed by atoms with Crippen molar-refractivity contribution >= 4 is 22.9 Å². The van der Waals surface area contributed by atoms with Crippen LogP contribution in [-0.4, -0.2) is 10.9 Å². The van der Waals surface area contributed by atoms with E-state index in [1.54, 1.807) is 24.5 Å². The van der Waals surface area contributed by atoms with Crippen LogP contribution in [0.2, 0.25) is 0 Å². The summed E-state index contributed by atoms with van der Waals surface area (Å²) in [4.78, 5) is 15.4. The van der Waals surface area contributed by atoms with Gasteiger partial charge in [0, 0.05) is 22.7 Å². The molecule has 0 aliphatic carbocycles. The van der Waals surface area contributed by atoms with Crippen molar-refractivity contribution in [3.05, 3.63) is 65.3 Å². The van der Waals surface area contributed by atoms with Gasteiger partial charge in [-0.25, -0.2) is 0 Å². The number of carbonyl (C=O) groups is 1. The van der Waals surface area contributed by atoms with E-state index in [0.29, 0.717) is 5.76 Å². The molecule has 0 saturated heterocycles.